The Bertz CT molecular complexity index is 697. The van der Waals surface area contributed by atoms with Crippen LogP contribution in [0.2, 0.25) is 5.02 Å². The Balaban J connectivity index is 2.24. The van der Waals surface area contributed by atoms with Gasteiger partial charge < -0.3 is 5.73 Å². The van der Waals surface area contributed by atoms with Gasteiger partial charge in [-0.1, -0.05) is 35.9 Å². The Kier molecular flexibility index (Phi) is 4.60. The third-order valence-electron chi connectivity index (χ3n) is 3.03. The third kappa shape index (κ3) is 3.61. The molecule has 2 rings (SSSR count). The normalized spacial score (nSPS) is 11.3. The first-order valence-electron chi connectivity index (χ1n) is 6.42. The van der Waals surface area contributed by atoms with E-state index in [1.54, 1.807) is 43.4 Å². The van der Waals surface area contributed by atoms with Crippen molar-refractivity contribution in [2.24, 2.45) is 5.10 Å². The molecular weight excluding hydrogens is 286 g/mol. The van der Waals surface area contributed by atoms with Crippen molar-refractivity contribution in [2.45, 2.75) is 6.92 Å². The molecule has 0 bridgehead atoms. The molecule has 0 aliphatic heterocycles. The maximum Gasteiger partial charge on any atom is 0.275 e. The molecule has 108 valence electrons. The van der Waals surface area contributed by atoms with Gasteiger partial charge in [0, 0.05) is 17.8 Å². The van der Waals surface area contributed by atoms with E-state index in [4.69, 9.17) is 17.3 Å². The van der Waals surface area contributed by atoms with Crippen LogP contribution in [0.1, 0.15) is 22.8 Å². The fourth-order valence-corrected chi connectivity index (χ4v) is 2.10. The minimum Gasteiger partial charge on any atom is -0.398 e. The number of carbonyl (C=O) groups excluding carboxylic acids is 1. The van der Waals surface area contributed by atoms with Crippen LogP contribution in [0.3, 0.4) is 0 Å². The molecule has 1 amide bonds. The molecule has 0 unspecified atom stereocenters. The predicted molar refractivity (Wildman–Crippen MR) is 86.6 cm³/mol. The Labute approximate surface area is 128 Å². The minimum absolute atomic E-state index is 0.255. The smallest absolute Gasteiger partial charge is 0.275 e. The average molecular weight is 302 g/mol. The van der Waals surface area contributed by atoms with Crippen LogP contribution >= 0.6 is 11.6 Å². The number of hydrogen-bond acceptors (Lipinski definition) is 3. The van der Waals surface area contributed by atoms with E-state index in [-0.39, 0.29) is 5.91 Å². The van der Waals surface area contributed by atoms with Gasteiger partial charge in [-0.15, -0.1) is 0 Å². The Morgan fingerprint density at radius 1 is 1.19 bits per heavy atom. The summed E-state index contributed by atoms with van der Waals surface area (Å²) >= 11 is 5.95. The summed E-state index contributed by atoms with van der Waals surface area (Å²) in [5.41, 5.74) is 8.24. The van der Waals surface area contributed by atoms with Gasteiger partial charge in [-0.25, -0.2) is 5.01 Å². The molecule has 0 aliphatic carbocycles. The Morgan fingerprint density at radius 2 is 1.90 bits per heavy atom. The van der Waals surface area contributed by atoms with Crippen LogP contribution in [0.15, 0.2) is 53.6 Å². The fraction of sp³-hybridized carbons (Fsp3) is 0.125. The summed E-state index contributed by atoms with van der Waals surface area (Å²) in [7, 11) is 1.60. The first-order valence-corrected chi connectivity index (χ1v) is 6.80. The van der Waals surface area contributed by atoms with Crippen LogP contribution < -0.4 is 5.73 Å². The summed E-state index contributed by atoms with van der Waals surface area (Å²) in [5, 5.41) is 6.20. The van der Waals surface area contributed by atoms with Gasteiger partial charge in [0.15, 0.2) is 0 Å². The Morgan fingerprint density at radius 3 is 2.57 bits per heavy atom. The second-order valence-corrected chi connectivity index (χ2v) is 5.05. The lowest BCUT2D eigenvalue weighted by Crippen LogP contribution is -2.23. The monoisotopic (exact) mass is 301 g/mol. The van der Waals surface area contributed by atoms with Gasteiger partial charge in [0.2, 0.25) is 0 Å². The average Bonchev–Trinajstić information content (AvgIpc) is 2.47. The second-order valence-electron chi connectivity index (χ2n) is 4.61. The SMILES string of the molecule is C/C(=N/N(C)C(=O)c1ccccc1N)c1cccc(Cl)c1. The standard InChI is InChI=1S/C16H16ClN3O/c1-11(12-6-5-7-13(17)10-12)19-20(2)16(21)14-8-3-4-9-15(14)18/h3-10H,18H2,1-2H3/b19-11-. The van der Waals surface area contributed by atoms with Gasteiger partial charge in [0.25, 0.3) is 5.91 Å². The van der Waals surface area contributed by atoms with Gasteiger partial charge in [-0.2, -0.15) is 5.10 Å². The van der Waals surface area contributed by atoms with Crippen molar-refractivity contribution in [2.75, 3.05) is 12.8 Å². The van der Waals surface area contributed by atoms with E-state index in [1.807, 2.05) is 19.1 Å². The van der Waals surface area contributed by atoms with Crippen molar-refractivity contribution >= 4 is 28.9 Å². The minimum atomic E-state index is -0.255. The van der Waals surface area contributed by atoms with Crippen LogP contribution in [-0.2, 0) is 0 Å². The molecule has 0 fully saturated rings. The van der Waals surface area contributed by atoms with E-state index in [0.717, 1.165) is 5.56 Å². The molecule has 0 saturated carbocycles. The second kappa shape index (κ2) is 6.41. The van der Waals surface area contributed by atoms with Crippen LogP contribution in [-0.4, -0.2) is 23.7 Å². The van der Waals surface area contributed by atoms with Crippen molar-refractivity contribution in [3.05, 3.63) is 64.7 Å². The molecule has 0 heterocycles. The van der Waals surface area contributed by atoms with E-state index >= 15 is 0 Å². The van der Waals surface area contributed by atoms with Crippen LogP contribution in [0.25, 0.3) is 0 Å². The highest BCUT2D eigenvalue weighted by atomic mass is 35.5. The predicted octanol–water partition coefficient (Wildman–Crippen LogP) is 3.42. The summed E-state index contributed by atoms with van der Waals surface area (Å²) in [5.74, 6) is -0.255. The number of hydrazone groups is 1. The zero-order valence-corrected chi connectivity index (χ0v) is 12.6. The molecule has 0 atom stereocenters. The highest BCUT2D eigenvalue weighted by molar-refractivity contribution is 6.31. The largest absolute Gasteiger partial charge is 0.398 e. The van der Waals surface area contributed by atoms with Crippen molar-refractivity contribution < 1.29 is 4.79 Å². The van der Waals surface area contributed by atoms with E-state index < -0.39 is 0 Å². The maximum atomic E-state index is 12.3. The highest BCUT2D eigenvalue weighted by Gasteiger charge is 2.14. The molecule has 2 aromatic carbocycles. The maximum absolute atomic E-state index is 12.3. The molecule has 0 aromatic heterocycles. The summed E-state index contributed by atoms with van der Waals surface area (Å²) in [6.07, 6.45) is 0. The molecule has 0 saturated heterocycles. The van der Waals surface area contributed by atoms with Crippen molar-refractivity contribution in [1.82, 2.24) is 5.01 Å². The number of nitrogens with zero attached hydrogens (tertiary/aromatic N) is 2. The van der Waals surface area contributed by atoms with Gasteiger partial charge >= 0.3 is 0 Å². The van der Waals surface area contributed by atoms with Crippen molar-refractivity contribution in [3.63, 3.8) is 0 Å². The lowest BCUT2D eigenvalue weighted by Gasteiger charge is -2.14. The summed E-state index contributed by atoms with van der Waals surface area (Å²) in [4.78, 5) is 12.3. The number of halogens is 1. The molecule has 21 heavy (non-hydrogen) atoms. The zero-order chi connectivity index (χ0) is 15.4. The number of hydrogen-bond donors (Lipinski definition) is 1. The highest BCUT2D eigenvalue weighted by Crippen LogP contribution is 2.15. The summed E-state index contributed by atoms with van der Waals surface area (Å²) in [6.45, 7) is 1.82. The quantitative estimate of drug-likeness (QED) is 0.536. The number of rotatable bonds is 3. The van der Waals surface area contributed by atoms with Crippen molar-refractivity contribution in [3.8, 4) is 0 Å². The number of anilines is 1. The summed E-state index contributed by atoms with van der Waals surface area (Å²) < 4.78 is 0. The van der Waals surface area contributed by atoms with Gasteiger partial charge in [-0.05, 0) is 36.8 Å². The number of carbonyl (C=O) groups is 1. The molecule has 5 heteroatoms. The first kappa shape index (κ1) is 15.1. The van der Waals surface area contributed by atoms with Crippen LogP contribution in [0, 0.1) is 0 Å². The van der Waals surface area contributed by atoms with Gasteiger partial charge in [0.1, 0.15) is 0 Å². The van der Waals surface area contributed by atoms with Crippen molar-refractivity contribution in [1.29, 1.82) is 0 Å². The van der Waals surface area contributed by atoms with Gasteiger partial charge in [-0.3, -0.25) is 4.79 Å². The van der Waals surface area contributed by atoms with E-state index in [2.05, 4.69) is 5.10 Å². The lowest BCUT2D eigenvalue weighted by molar-refractivity contribution is 0.0800. The molecular formula is C16H16ClN3O. The number of nitrogens with two attached hydrogens (primary N) is 1. The van der Waals surface area contributed by atoms with E-state index in [9.17, 15) is 4.79 Å². The van der Waals surface area contributed by atoms with E-state index in [1.165, 1.54) is 5.01 Å². The topological polar surface area (TPSA) is 58.7 Å². The van der Waals surface area contributed by atoms with Crippen LogP contribution in [0.4, 0.5) is 5.69 Å². The zero-order valence-electron chi connectivity index (χ0n) is 11.9. The number of benzene rings is 2. The number of para-hydroxylation sites is 1. The Hall–Kier alpha value is -2.33. The molecule has 2 N–H and O–H groups in total. The molecule has 2 aromatic rings. The first-order chi connectivity index (χ1) is 9.99. The molecule has 0 radical (unpaired) electrons. The number of amides is 1. The van der Waals surface area contributed by atoms with Crippen LogP contribution in [0.5, 0.6) is 0 Å². The molecule has 4 nitrogen and oxygen atoms in total. The summed E-state index contributed by atoms with van der Waals surface area (Å²) in [6, 6.07) is 14.2. The van der Waals surface area contributed by atoms with Gasteiger partial charge in [0.05, 0.1) is 11.3 Å². The fourth-order valence-electron chi connectivity index (χ4n) is 1.91. The third-order valence-corrected chi connectivity index (χ3v) is 3.26. The number of nitrogen functional groups attached to an aromatic ring is 1. The molecule has 0 spiro atoms. The van der Waals surface area contributed by atoms with E-state index in [0.29, 0.717) is 22.0 Å². The molecule has 0 aliphatic rings. The lowest BCUT2D eigenvalue weighted by atomic mass is 10.1.